The van der Waals surface area contributed by atoms with Gasteiger partial charge in [-0.05, 0) is 36.4 Å². The Kier molecular flexibility index (Phi) is 4.06. The number of benzene rings is 2. The van der Waals surface area contributed by atoms with Gasteiger partial charge in [0.25, 0.3) is 5.91 Å². The number of rotatable bonds is 3. The number of anilines is 1. The highest BCUT2D eigenvalue weighted by Crippen LogP contribution is 2.28. The standard InChI is InChI=1S/C20H20N2O3/c1-24-19-5-3-2-4-17(19)21-9-11-22(12-10-21)20(23)16-6-7-18-15(14-16)8-13-25-18/h2-8,13-14H,9-12H2,1H3. The van der Waals surface area contributed by atoms with Crippen molar-refractivity contribution in [3.05, 3.63) is 60.4 Å². The molecule has 1 amide bonds. The first-order valence-corrected chi connectivity index (χ1v) is 8.41. The number of fused-ring (bicyclic) bond motifs is 1. The Bertz CT molecular complexity index is 895. The first kappa shape index (κ1) is 15.6. The second kappa shape index (κ2) is 6.51. The van der Waals surface area contributed by atoms with Gasteiger partial charge in [0.15, 0.2) is 0 Å². The van der Waals surface area contributed by atoms with Crippen molar-refractivity contribution in [1.82, 2.24) is 4.90 Å². The van der Waals surface area contributed by atoms with Crippen LogP contribution in [0.5, 0.6) is 5.75 Å². The predicted octanol–water partition coefficient (Wildman–Crippen LogP) is 3.40. The molecule has 2 aromatic carbocycles. The Labute approximate surface area is 146 Å². The monoisotopic (exact) mass is 336 g/mol. The van der Waals surface area contributed by atoms with Gasteiger partial charge in [-0.1, -0.05) is 12.1 Å². The number of carbonyl (C=O) groups is 1. The highest BCUT2D eigenvalue weighted by Gasteiger charge is 2.23. The van der Waals surface area contributed by atoms with Gasteiger partial charge in [0, 0.05) is 37.1 Å². The fraction of sp³-hybridized carbons (Fsp3) is 0.250. The van der Waals surface area contributed by atoms with E-state index in [9.17, 15) is 4.79 Å². The summed E-state index contributed by atoms with van der Waals surface area (Å²) in [6.07, 6.45) is 1.64. The molecule has 0 bridgehead atoms. The van der Waals surface area contributed by atoms with Crippen molar-refractivity contribution in [2.75, 3.05) is 38.2 Å². The van der Waals surface area contributed by atoms with Crippen molar-refractivity contribution >= 4 is 22.6 Å². The third kappa shape index (κ3) is 2.93. The first-order chi connectivity index (χ1) is 12.3. The van der Waals surface area contributed by atoms with Gasteiger partial charge in [-0.3, -0.25) is 4.79 Å². The molecule has 5 heteroatoms. The molecule has 0 spiro atoms. The number of methoxy groups -OCH3 is 1. The van der Waals surface area contributed by atoms with Gasteiger partial charge in [0.05, 0.1) is 19.1 Å². The summed E-state index contributed by atoms with van der Waals surface area (Å²) in [5.41, 5.74) is 2.59. The predicted molar refractivity (Wildman–Crippen MR) is 97.3 cm³/mol. The molecule has 0 unspecified atom stereocenters. The van der Waals surface area contributed by atoms with Crippen LogP contribution < -0.4 is 9.64 Å². The van der Waals surface area contributed by atoms with Crippen LogP contribution in [0.15, 0.2) is 59.2 Å². The molecular weight excluding hydrogens is 316 g/mol. The van der Waals surface area contributed by atoms with Gasteiger partial charge in [0.1, 0.15) is 11.3 Å². The second-order valence-electron chi connectivity index (χ2n) is 6.12. The molecule has 1 fully saturated rings. The largest absolute Gasteiger partial charge is 0.495 e. The molecule has 1 saturated heterocycles. The Balaban J connectivity index is 1.46. The summed E-state index contributed by atoms with van der Waals surface area (Å²) in [7, 11) is 1.69. The van der Waals surface area contributed by atoms with Crippen molar-refractivity contribution in [3.63, 3.8) is 0 Å². The molecule has 4 rings (SSSR count). The van der Waals surface area contributed by atoms with E-state index in [0.29, 0.717) is 18.7 Å². The Morgan fingerprint density at radius 2 is 1.84 bits per heavy atom. The number of piperazine rings is 1. The number of para-hydroxylation sites is 2. The van der Waals surface area contributed by atoms with E-state index in [-0.39, 0.29) is 5.91 Å². The van der Waals surface area contributed by atoms with E-state index in [4.69, 9.17) is 9.15 Å². The number of carbonyl (C=O) groups excluding carboxylic acids is 1. The van der Waals surface area contributed by atoms with Crippen molar-refractivity contribution in [3.8, 4) is 5.75 Å². The molecule has 0 aliphatic carbocycles. The molecular formula is C20H20N2O3. The molecule has 1 aliphatic heterocycles. The van der Waals surface area contributed by atoms with Crippen LogP contribution in [0.1, 0.15) is 10.4 Å². The highest BCUT2D eigenvalue weighted by molar-refractivity contribution is 5.97. The first-order valence-electron chi connectivity index (χ1n) is 8.41. The van der Waals surface area contributed by atoms with E-state index in [0.717, 1.165) is 35.5 Å². The molecule has 25 heavy (non-hydrogen) atoms. The average Bonchev–Trinajstić information content (AvgIpc) is 3.15. The van der Waals surface area contributed by atoms with Gasteiger partial charge in [0.2, 0.25) is 0 Å². The minimum absolute atomic E-state index is 0.0720. The minimum atomic E-state index is 0.0720. The Morgan fingerprint density at radius 3 is 2.64 bits per heavy atom. The summed E-state index contributed by atoms with van der Waals surface area (Å²) in [5.74, 6) is 0.940. The van der Waals surface area contributed by atoms with Crippen LogP contribution in [0, 0.1) is 0 Å². The van der Waals surface area contributed by atoms with Gasteiger partial charge >= 0.3 is 0 Å². The van der Waals surface area contributed by atoms with Crippen LogP contribution in [0.4, 0.5) is 5.69 Å². The fourth-order valence-electron chi connectivity index (χ4n) is 3.32. The summed E-state index contributed by atoms with van der Waals surface area (Å²) < 4.78 is 10.8. The maximum atomic E-state index is 12.8. The molecule has 3 aromatic rings. The quantitative estimate of drug-likeness (QED) is 0.735. The van der Waals surface area contributed by atoms with Gasteiger partial charge in [-0.15, -0.1) is 0 Å². The lowest BCUT2D eigenvalue weighted by Crippen LogP contribution is -2.48. The molecule has 1 aromatic heterocycles. The fourth-order valence-corrected chi connectivity index (χ4v) is 3.32. The maximum absolute atomic E-state index is 12.8. The lowest BCUT2D eigenvalue weighted by Gasteiger charge is -2.36. The number of amides is 1. The molecule has 0 N–H and O–H groups in total. The zero-order valence-corrected chi connectivity index (χ0v) is 14.1. The summed E-state index contributed by atoms with van der Waals surface area (Å²) in [5, 5.41) is 0.957. The van der Waals surface area contributed by atoms with Crippen LogP contribution in [-0.2, 0) is 0 Å². The van der Waals surface area contributed by atoms with E-state index >= 15 is 0 Å². The van der Waals surface area contributed by atoms with Crippen molar-refractivity contribution in [2.24, 2.45) is 0 Å². The minimum Gasteiger partial charge on any atom is -0.495 e. The summed E-state index contributed by atoms with van der Waals surface area (Å²) in [4.78, 5) is 17.0. The molecule has 2 heterocycles. The van der Waals surface area contributed by atoms with Gasteiger partial charge in [-0.2, -0.15) is 0 Å². The van der Waals surface area contributed by atoms with Crippen molar-refractivity contribution < 1.29 is 13.9 Å². The summed E-state index contributed by atoms with van der Waals surface area (Å²) in [6.45, 7) is 2.97. The van der Waals surface area contributed by atoms with E-state index in [1.54, 1.807) is 13.4 Å². The molecule has 128 valence electrons. The van der Waals surface area contributed by atoms with Crippen LogP contribution in [0.3, 0.4) is 0 Å². The summed E-state index contributed by atoms with van der Waals surface area (Å²) >= 11 is 0. The van der Waals surface area contributed by atoms with Crippen LogP contribution >= 0.6 is 0 Å². The van der Waals surface area contributed by atoms with E-state index in [2.05, 4.69) is 11.0 Å². The molecule has 1 aliphatic rings. The van der Waals surface area contributed by atoms with E-state index < -0.39 is 0 Å². The van der Waals surface area contributed by atoms with Gasteiger partial charge < -0.3 is 19.0 Å². The SMILES string of the molecule is COc1ccccc1N1CCN(C(=O)c2ccc3occc3c2)CC1. The van der Waals surface area contributed by atoms with Crippen molar-refractivity contribution in [2.45, 2.75) is 0 Å². The zero-order chi connectivity index (χ0) is 17.2. The third-order valence-corrected chi connectivity index (χ3v) is 4.69. The molecule has 0 saturated carbocycles. The van der Waals surface area contributed by atoms with Crippen LogP contribution in [0.25, 0.3) is 11.0 Å². The lowest BCUT2D eigenvalue weighted by atomic mass is 10.1. The second-order valence-corrected chi connectivity index (χ2v) is 6.12. The third-order valence-electron chi connectivity index (χ3n) is 4.69. The van der Waals surface area contributed by atoms with E-state index in [1.807, 2.05) is 47.4 Å². The molecule has 5 nitrogen and oxygen atoms in total. The Hall–Kier alpha value is -2.95. The average molecular weight is 336 g/mol. The number of hydrogen-bond acceptors (Lipinski definition) is 4. The Morgan fingerprint density at radius 1 is 1.04 bits per heavy atom. The van der Waals surface area contributed by atoms with Gasteiger partial charge in [-0.25, -0.2) is 0 Å². The topological polar surface area (TPSA) is 45.9 Å². The highest BCUT2D eigenvalue weighted by atomic mass is 16.5. The number of furan rings is 1. The number of hydrogen-bond donors (Lipinski definition) is 0. The lowest BCUT2D eigenvalue weighted by molar-refractivity contribution is 0.0747. The van der Waals surface area contributed by atoms with E-state index in [1.165, 1.54) is 0 Å². The van der Waals surface area contributed by atoms with Crippen molar-refractivity contribution in [1.29, 1.82) is 0 Å². The maximum Gasteiger partial charge on any atom is 0.254 e. The molecule has 0 radical (unpaired) electrons. The normalized spacial score (nSPS) is 14.8. The number of nitrogens with zero attached hydrogens (tertiary/aromatic N) is 2. The zero-order valence-electron chi connectivity index (χ0n) is 14.1. The van der Waals surface area contributed by atoms with Crippen LogP contribution in [0.2, 0.25) is 0 Å². The smallest absolute Gasteiger partial charge is 0.254 e. The molecule has 0 atom stereocenters. The summed E-state index contributed by atoms with van der Waals surface area (Å²) in [6, 6.07) is 15.5. The van der Waals surface area contributed by atoms with Crippen LogP contribution in [-0.4, -0.2) is 44.1 Å². The number of ether oxygens (including phenoxy) is 1.